The fourth-order valence-corrected chi connectivity index (χ4v) is 2.66. The minimum atomic E-state index is -0.994. The first kappa shape index (κ1) is 16.9. The van der Waals surface area contributed by atoms with E-state index in [2.05, 4.69) is 0 Å². The van der Waals surface area contributed by atoms with Gasteiger partial charge in [0.05, 0.1) is 24.1 Å². The van der Waals surface area contributed by atoms with Gasteiger partial charge in [-0.05, 0) is 25.5 Å². The molecule has 8 heteroatoms. The van der Waals surface area contributed by atoms with Gasteiger partial charge in [-0.1, -0.05) is 0 Å². The zero-order valence-electron chi connectivity index (χ0n) is 12.9. The number of hydrogen-bond acceptors (Lipinski definition) is 5. The molecule has 0 aromatic heterocycles. The Morgan fingerprint density at radius 3 is 2.70 bits per heavy atom. The molecule has 1 atom stereocenters. The number of morpholine rings is 1. The number of amides is 1. The number of rotatable bonds is 4. The molecule has 8 nitrogen and oxygen atoms in total. The summed E-state index contributed by atoms with van der Waals surface area (Å²) in [5, 5.41) is 19.9. The molecule has 124 valence electrons. The quantitative estimate of drug-likeness (QED) is 0.665. The van der Waals surface area contributed by atoms with Gasteiger partial charge in [0.25, 0.3) is 11.6 Å². The van der Waals surface area contributed by atoms with E-state index in [-0.39, 0.29) is 36.7 Å². The van der Waals surface area contributed by atoms with Crippen LogP contribution in [0.1, 0.15) is 27.9 Å². The van der Waals surface area contributed by atoms with Crippen LogP contribution in [0.15, 0.2) is 12.1 Å². The smallest absolute Gasteiger partial charge is 0.306 e. The minimum Gasteiger partial charge on any atom is -0.481 e. The van der Waals surface area contributed by atoms with Crippen LogP contribution in [0.3, 0.4) is 0 Å². The van der Waals surface area contributed by atoms with Crippen LogP contribution in [0.4, 0.5) is 5.69 Å². The summed E-state index contributed by atoms with van der Waals surface area (Å²) in [4.78, 5) is 35.4. The standard InChI is InChI=1S/C15H18N2O6/c1-9-5-10(2)13(17(21)22)7-12(9)15(20)16-3-4-23-11(8-16)6-14(18)19/h5,7,11H,3-4,6,8H2,1-2H3,(H,18,19). The highest BCUT2D eigenvalue weighted by molar-refractivity contribution is 5.96. The summed E-state index contributed by atoms with van der Waals surface area (Å²) in [6.45, 7) is 4.08. The average molecular weight is 322 g/mol. The number of hydrogen-bond donors (Lipinski definition) is 1. The maximum Gasteiger partial charge on any atom is 0.306 e. The summed E-state index contributed by atoms with van der Waals surface area (Å²) in [5.74, 6) is -1.34. The van der Waals surface area contributed by atoms with Gasteiger partial charge in [-0.2, -0.15) is 0 Å². The van der Waals surface area contributed by atoms with E-state index >= 15 is 0 Å². The lowest BCUT2D eigenvalue weighted by molar-refractivity contribution is -0.385. The van der Waals surface area contributed by atoms with Crippen molar-refractivity contribution in [1.82, 2.24) is 4.90 Å². The molecule has 1 aliphatic heterocycles. The molecule has 1 aliphatic rings. The Balaban J connectivity index is 2.24. The molecule has 0 aliphatic carbocycles. The first-order chi connectivity index (χ1) is 10.8. The molecule has 1 fully saturated rings. The molecule has 0 bridgehead atoms. The Labute approximate surface area is 132 Å². The zero-order valence-corrected chi connectivity index (χ0v) is 12.9. The van der Waals surface area contributed by atoms with Crippen molar-refractivity contribution in [1.29, 1.82) is 0 Å². The fourth-order valence-electron chi connectivity index (χ4n) is 2.66. The predicted molar refractivity (Wildman–Crippen MR) is 80.5 cm³/mol. The van der Waals surface area contributed by atoms with Gasteiger partial charge >= 0.3 is 5.97 Å². The highest BCUT2D eigenvalue weighted by Crippen LogP contribution is 2.24. The van der Waals surface area contributed by atoms with Crippen LogP contribution in [0.5, 0.6) is 0 Å². The van der Waals surface area contributed by atoms with E-state index in [9.17, 15) is 19.7 Å². The normalized spacial score (nSPS) is 17.8. The predicted octanol–water partition coefficient (Wildman–Crippen LogP) is 1.53. The van der Waals surface area contributed by atoms with Crippen molar-refractivity contribution in [2.75, 3.05) is 19.7 Å². The number of nitro benzene ring substituents is 1. The molecule has 1 saturated heterocycles. The van der Waals surface area contributed by atoms with Gasteiger partial charge in [0.2, 0.25) is 0 Å². The molecule has 2 rings (SSSR count). The third-order valence-corrected chi connectivity index (χ3v) is 3.80. The molecule has 1 heterocycles. The minimum absolute atomic E-state index is 0.103. The van der Waals surface area contributed by atoms with Gasteiger partial charge in [0, 0.05) is 30.3 Å². The molecule has 23 heavy (non-hydrogen) atoms. The van der Waals surface area contributed by atoms with Crippen LogP contribution in [-0.4, -0.2) is 52.6 Å². The third kappa shape index (κ3) is 3.84. The highest BCUT2D eigenvalue weighted by atomic mass is 16.6. The second-order valence-corrected chi connectivity index (χ2v) is 5.55. The molecule has 0 saturated carbocycles. The third-order valence-electron chi connectivity index (χ3n) is 3.80. The van der Waals surface area contributed by atoms with Gasteiger partial charge in [-0.3, -0.25) is 19.7 Å². The van der Waals surface area contributed by atoms with Crippen LogP contribution in [-0.2, 0) is 9.53 Å². The number of carboxylic acids is 1. The van der Waals surface area contributed by atoms with E-state index in [1.54, 1.807) is 19.9 Å². The lowest BCUT2D eigenvalue weighted by atomic mass is 10.0. The van der Waals surface area contributed by atoms with Gasteiger partial charge in [-0.15, -0.1) is 0 Å². The summed E-state index contributed by atoms with van der Waals surface area (Å²) in [7, 11) is 0. The summed E-state index contributed by atoms with van der Waals surface area (Å²) < 4.78 is 5.33. The van der Waals surface area contributed by atoms with Crippen LogP contribution >= 0.6 is 0 Å². The summed E-state index contributed by atoms with van der Waals surface area (Å²) in [6.07, 6.45) is -0.748. The van der Waals surface area contributed by atoms with E-state index in [0.717, 1.165) is 0 Å². The molecule has 1 aromatic carbocycles. The van der Waals surface area contributed by atoms with E-state index in [4.69, 9.17) is 9.84 Å². The monoisotopic (exact) mass is 322 g/mol. The number of ether oxygens (including phenoxy) is 1. The first-order valence-electron chi connectivity index (χ1n) is 7.18. The number of carbonyl (C=O) groups is 2. The van der Waals surface area contributed by atoms with E-state index < -0.39 is 17.0 Å². The van der Waals surface area contributed by atoms with Gasteiger partial charge in [0.15, 0.2) is 0 Å². The Kier molecular flexibility index (Phi) is 4.95. The van der Waals surface area contributed by atoms with Crippen molar-refractivity contribution in [2.45, 2.75) is 26.4 Å². The van der Waals surface area contributed by atoms with Gasteiger partial charge < -0.3 is 14.7 Å². The van der Waals surface area contributed by atoms with E-state index in [1.807, 2.05) is 0 Å². The number of carbonyl (C=O) groups excluding carboxylic acids is 1. The van der Waals surface area contributed by atoms with Crippen molar-refractivity contribution in [3.63, 3.8) is 0 Å². The van der Waals surface area contributed by atoms with Crippen LogP contribution in [0, 0.1) is 24.0 Å². The number of nitrogens with zero attached hydrogens (tertiary/aromatic N) is 2. The molecule has 1 amide bonds. The van der Waals surface area contributed by atoms with Crippen LogP contribution in [0.2, 0.25) is 0 Å². The summed E-state index contributed by atoms with van der Waals surface area (Å²) in [6, 6.07) is 2.90. The molecule has 1 aromatic rings. The molecular formula is C15H18N2O6. The van der Waals surface area contributed by atoms with Crippen molar-refractivity contribution >= 4 is 17.6 Å². The van der Waals surface area contributed by atoms with Crippen molar-refractivity contribution in [2.24, 2.45) is 0 Å². The zero-order chi connectivity index (χ0) is 17.1. The first-order valence-corrected chi connectivity index (χ1v) is 7.18. The summed E-state index contributed by atoms with van der Waals surface area (Å²) in [5.41, 5.74) is 1.31. The van der Waals surface area contributed by atoms with Crippen LogP contribution in [0.25, 0.3) is 0 Å². The second-order valence-electron chi connectivity index (χ2n) is 5.55. The number of aliphatic carboxylic acids is 1. The topological polar surface area (TPSA) is 110 Å². The SMILES string of the molecule is Cc1cc(C)c([N+](=O)[O-])cc1C(=O)N1CCOC(CC(=O)O)C1. The van der Waals surface area contributed by atoms with Crippen LogP contribution < -0.4 is 0 Å². The summed E-state index contributed by atoms with van der Waals surface area (Å²) >= 11 is 0. The molecule has 1 unspecified atom stereocenters. The van der Waals surface area contributed by atoms with Gasteiger partial charge in [0.1, 0.15) is 0 Å². The van der Waals surface area contributed by atoms with Gasteiger partial charge in [-0.25, -0.2) is 0 Å². The fraction of sp³-hybridized carbons (Fsp3) is 0.467. The Morgan fingerprint density at radius 1 is 1.39 bits per heavy atom. The van der Waals surface area contributed by atoms with Crippen molar-refractivity contribution in [3.05, 3.63) is 38.9 Å². The maximum absolute atomic E-state index is 12.6. The number of carboxylic acid groups (broad SMARTS) is 1. The van der Waals surface area contributed by atoms with E-state index in [0.29, 0.717) is 17.7 Å². The maximum atomic E-state index is 12.6. The highest BCUT2D eigenvalue weighted by Gasteiger charge is 2.28. The molecule has 0 radical (unpaired) electrons. The molecular weight excluding hydrogens is 304 g/mol. The average Bonchev–Trinajstić information content (AvgIpc) is 2.46. The lowest BCUT2D eigenvalue weighted by Gasteiger charge is -2.32. The molecule has 0 spiro atoms. The second kappa shape index (κ2) is 6.74. The molecule has 1 N–H and O–H groups in total. The Bertz CT molecular complexity index is 658. The number of nitro groups is 1. The van der Waals surface area contributed by atoms with Crippen molar-refractivity contribution in [3.8, 4) is 0 Å². The largest absolute Gasteiger partial charge is 0.481 e. The lowest BCUT2D eigenvalue weighted by Crippen LogP contribution is -2.46. The number of aryl methyl sites for hydroxylation is 2. The number of benzene rings is 1. The van der Waals surface area contributed by atoms with E-state index in [1.165, 1.54) is 11.0 Å². The Hall–Kier alpha value is -2.48. The Morgan fingerprint density at radius 2 is 2.09 bits per heavy atom. The van der Waals surface area contributed by atoms with Crippen molar-refractivity contribution < 1.29 is 24.4 Å².